The van der Waals surface area contributed by atoms with Gasteiger partial charge in [0.1, 0.15) is 0 Å². The van der Waals surface area contributed by atoms with Crippen LogP contribution in [-0.4, -0.2) is 23.5 Å². The van der Waals surface area contributed by atoms with Gasteiger partial charge in [-0.1, -0.05) is 20.8 Å². The molecule has 3 nitrogen and oxygen atoms in total. The maximum Gasteiger partial charge on any atom is 0.0772 e. The minimum absolute atomic E-state index is 0.304. The Morgan fingerprint density at radius 1 is 1.40 bits per heavy atom. The summed E-state index contributed by atoms with van der Waals surface area (Å²) in [6.45, 7) is 8.52. The Balaban J connectivity index is 2.59. The predicted molar refractivity (Wildman–Crippen MR) is 64.4 cm³/mol. The summed E-state index contributed by atoms with van der Waals surface area (Å²) in [4.78, 5) is 6.53. The quantitative estimate of drug-likeness (QED) is 0.825. The van der Waals surface area contributed by atoms with Gasteiger partial charge in [0, 0.05) is 19.3 Å². The third-order valence-electron chi connectivity index (χ3n) is 2.09. The van der Waals surface area contributed by atoms with E-state index in [4.69, 9.17) is 5.73 Å². The summed E-state index contributed by atoms with van der Waals surface area (Å²) in [5.41, 5.74) is 7.89. The zero-order valence-electron chi connectivity index (χ0n) is 10.1. The highest BCUT2D eigenvalue weighted by Gasteiger charge is 2.14. The van der Waals surface area contributed by atoms with Gasteiger partial charge < -0.3 is 5.73 Å². The van der Waals surface area contributed by atoms with Gasteiger partial charge in [-0.15, -0.1) is 0 Å². The van der Waals surface area contributed by atoms with E-state index in [1.165, 1.54) is 0 Å². The van der Waals surface area contributed by atoms with Crippen molar-refractivity contribution in [2.45, 2.75) is 27.3 Å². The van der Waals surface area contributed by atoms with Crippen LogP contribution < -0.4 is 5.73 Å². The highest BCUT2D eigenvalue weighted by molar-refractivity contribution is 5.41. The molecule has 3 heteroatoms. The molecule has 0 aliphatic carbocycles. The smallest absolute Gasteiger partial charge is 0.0772 e. The third-order valence-corrected chi connectivity index (χ3v) is 2.09. The summed E-state index contributed by atoms with van der Waals surface area (Å²) in [5.74, 6) is 0. The van der Waals surface area contributed by atoms with Gasteiger partial charge in [0.25, 0.3) is 0 Å². The van der Waals surface area contributed by atoms with E-state index in [-0.39, 0.29) is 0 Å². The molecular weight excluding hydrogens is 186 g/mol. The summed E-state index contributed by atoms with van der Waals surface area (Å²) < 4.78 is 0. The minimum atomic E-state index is 0.304. The highest BCUT2D eigenvalue weighted by Crippen LogP contribution is 2.16. The van der Waals surface area contributed by atoms with Gasteiger partial charge >= 0.3 is 0 Å². The van der Waals surface area contributed by atoms with Gasteiger partial charge in [-0.25, -0.2) is 0 Å². The molecule has 1 aromatic rings. The van der Waals surface area contributed by atoms with E-state index in [1.807, 2.05) is 12.1 Å². The van der Waals surface area contributed by atoms with E-state index in [0.29, 0.717) is 5.41 Å². The van der Waals surface area contributed by atoms with Crippen LogP contribution in [0.3, 0.4) is 0 Å². The first-order chi connectivity index (χ1) is 6.88. The van der Waals surface area contributed by atoms with Gasteiger partial charge in [-0.3, -0.25) is 9.88 Å². The largest absolute Gasteiger partial charge is 0.397 e. The summed E-state index contributed by atoms with van der Waals surface area (Å²) in [5, 5.41) is 0. The van der Waals surface area contributed by atoms with Crippen LogP contribution in [0.2, 0.25) is 0 Å². The van der Waals surface area contributed by atoms with Gasteiger partial charge in [-0.2, -0.15) is 0 Å². The molecule has 84 valence electrons. The molecule has 0 saturated heterocycles. The molecule has 0 atom stereocenters. The molecule has 0 aromatic carbocycles. The lowest BCUT2D eigenvalue weighted by Crippen LogP contribution is -2.29. The number of pyridine rings is 1. The van der Waals surface area contributed by atoms with Crippen LogP contribution in [0.4, 0.5) is 5.69 Å². The zero-order valence-corrected chi connectivity index (χ0v) is 10.1. The Hall–Kier alpha value is -1.09. The van der Waals surface area contributed by atoms with Crippen LogP contribution in [0.1, 0.15) is 26.5 Å². The van der Waals surface area contributed by atoms with Crippen molar-refractivity contribution in [2.75, 3.05) is 19.3 Å². The first kappa shape index (κ1) is 12.0. The number of anilines is 1. The number of hydrogen-bond acceptors (Lipinski definition) is 3. The highest BCUT2D eigenvalue weighted by atomic mass is 15.1. The van der Waals surface area contributed by atoms with Crippen molar-refractivity contribution >= 4 is 5.69 Å². The van der Waals surface area contributed by atoms with E-state index in [9.17, 15) is 0 Å². The average Bonchev–Trinajstić information content (AvgIpc) is 2.05. The first-order valence-corrected chi connectivity index (χ1v) is 5.26. The molecule has 0 fully saturated rings. The number of aromatic nitrogens is 1. The molecule has 0 amide bonds. The van der Waals surface area contributed by atoms with Crippen LogP contribution in [0.15, 0.2) is 18.3 Å². The monoisotopic (exact) mass is 207 g/mol. The number of hydrogen-bond donors (Lipinski definition) is 1. The lowest BCUT2D eigenvalue weighted by atomic mass is 9.96. The molecule has 2 N–H and O–H groups in total. The topological polar surface area (TPSA) is 42.2 Å². The summed E-state index contributed by atoms with van der Waals surface area (Å²) in [6.07, 6.45) is 1.79. The standard InChI is InChI=1S/C12H21N3/c1-12(2,3)9-15(4)8-11-10(13)6-5-7-14-11/h5-7H,8-9,13H2,1-4H3. The average molecular weight is 207 g/mol. The first-order valence-electron chi connectivity index (χ1n) is 5.26. The van der Waals surface area contributed by atoms with E-state index >= 15 is 0 Å². The lowest BCUT2D eigenvalue weighted by molar-refractivity contribution is 0.219. The van der Waals surface area contributed by atoms with E-state index in [2.05, 4.69) is 37.7 Å². The normalized spacial score (nSPS) is 12.1. The maximum atomic E-state index is 5.84. The second-order valence-electron chi connectivity index (χ2n) is 5.27. The molecule has 1 rings (SSSR count). The second-order valence-corrected chi connectivity index (χ2v) is 5.27. The Kier molecular flexibility index (Phi) is 3.69. The molecule has 1 heterocycles. The molecule has 15 heavy (non-hydrogen) atoms. The fraction of sp³-hybridized carbons (Fsp3) is 0.583. The predicted octanol–water partition coefficient (Wildman–Crippen LogP) is 2.14. The van der Waals surface area contributed by atoms with Crippen molar-refractivity contribution in [2.24, 2.45) is 5.41 Å². The van der Waals surface area contributed by atoms with Crippen molar-refractivity contribution in [3.8, 4) is 0 Å². The molecule has 0 unspecified atom stereocenters. The van der Waals surface area contributed by atoms with Crippen molar-refractivity contribution in [3.05, 3.63) is 24.0 Å². The van der Waals surface area contributed by atoms with Crippen LogP contribution >= 0.6 is 0 Å². The molecule has 0 bridgehead atoms. The number of nitrogen functional groups attached to an aromatic ring is 1. The fourth-order valence-electron chi connectivity index (χ4n) is 1.70. The lowest BCUT2D eigenvalue weighted by Gasteiger charge is -2.26. The van der Waals surface area contributed by atoms with Gasteiger partial charge in [0.05, 0.1) is 11.4 Å². The summed E-state index contributed by atoms with van der Waals surface area (Å²) in [7, 11) is 2.10. The van der Waals surface area contributed by atoms with E-state index in [1.54, 1.807) is 6.20 Å². The Morgan fingerprint density at radius 2 is 2.07 bits per heavy atom. The number of nitrogens with zero attached hydrogens (tertiary/aromatic N) is 2. The fourth-order valence-corrected chi connectivity index (χ4v) is 1.70. The van der Waals surface area contributed by atoms with Gasteiger partial charge in [0.15, 0.2) is 0 Å². The van der Waals surface area contributed by atoms with Gasteiger partial charge in [-0.05, 0) is 24.6 Å². The van der Waals surface area contributed by atoms with Crippen molar-refractivity contribution in [3.63, 3.8) is 0 Å². The Morgan fingerprint density at radius 3 is 2.60 bits per heavy atom. The second kappa shape index (κ2) is 4.62. The van der Waals surface area contributed by atoms with Crippen LogP contribution in [0.25, 0.3) is 0 Å². The van der Waals surface area contributed by atoms with Crippen molar-refractivity contribution in [1.82, 2.24) is 9.88 Å². The van der Waals surface area contributed by atoms with Crippen molar-refractivity contribution in [1.29, 1.82) is 0 Å². The van der Waals surface area contributed by atoms with Crippen LogP contribution in [0, 0.1) is 5.41 Å². The van der Waals surface area contributed by atoms with E-state index in [0.717, 1.165) is 24.5 Å². The van der Waals surface area contributed by atoms with Crippen LogP contribution in [0.5, 0.6) is 0 Å². The maximum absolute atomic E-state index is 5.84. The Labute approximate surface area is 92.3 Å². The van der Waals surface area contributed by atoms with Crippen LogP contribution in [-0.2, 0) is 6.54 Å². The molecule has 0 spiro atoms. The molecule has 0 saturated carbocycles. The zero-order chi connectivity index (χ0) is 11.5. The van der Waals surface area contributed by atoms with E-state index < -0.39 is 0 Å². The minimum Gasteiger partial charge on any atom is -0.397 e. The molecule has 0 aliphatic heterocycles. The van der Waals surface area contributed by atoms with Gasteiger partial charge in [0.2, 0.25) is 0 Å². The third kappa shape index (κ3) is 4.30. The SMILES string of the molecule is CN(Cc1ncccc1N)CC(C)(C)C. The number of nitrogens with two attached hydrogens (primary N) is 1. The Bertz CT molecular complexity index is 315. The van der Waals surface area contributed by atoms with Crippen molar-refractivity contribution < 1.29 is 0 Å². The molecule has 1 aromatic heterocycles. The molecule has 0 aliphatic rings. The molecule has 0 radical (unpaired) electrons. The summed E-state index contributed by atoms with van der Waals surface area (Å²) in [6, 6.07) is 3.76. The molecular formula is C12H21N3. The number of rotatable bonds is 3. The summed E-state index contributed by atoms with van der Waals surface area (Å²) >= 11 is 0.